The lowest BCUT2D eigenvalue weighted by molar-refractivity contribution is -0.124. The summed E-state index contributed by atoms with van der Waals surface area (Å²) in [7, 11) is 0. The highest BCUT2D eigenvalue weighted by Crippen LogP contribution is 2.06. The number of carbonyl (C=O) groups is 1. The van der Waals surface area contributed by atoms with Gasteiger partial charge < -0.3 is 14.9 Å². The number of amides is 1. The van der Waals surface area contributed by atoms with Gasteiger partial charge in [-0.15, -0.1) is 0 Å². The third-order valence-corrected chi connectivity index (χ3v) is 3.04. The molecule has 1 aromatic carbocycles. The van der Waals surface area contributed by atoms with Crippen molar-refractivity contribution in [1.82, 2.24) is 14.9 Å². The Morgan fingerprint density at radius 2 is 2.00 bits per heavy atom. The zero-order valence-electron chi connectivity index (χ0n) is 11.5. The maximum absolute atomic E-state index is 11.9. The molecule has 0 unspecified atom stereocenters. The van der Waals surface area contributed by atoms with Gasteiger partial charge in [0.1, 0.15) is 0 Å². The molecular weight excluding hydrogens is 258 g/mol. The second-order valence-electron chi connectivity index (χ2n) is 4.87. The molecule has 2 aromatic rings. The number of fused-ring (bicyclic) bond motifs is 1. The van der Waals surface area contributed by atoms with Gasteiger partial charge in [-0.05, 0) is 12.1 Å². The lowest BCUT2D eigenvalue weighted by Gasteiger charge is -2.11. The minimum Gasteiger partial charge on any atom is -0.354 e. The molecule has 6 heteroatoms. The lowest BCUT2D eigenvalue weighted by Crippen LogP contribution is -2.39. The summed E-state index contributed by atoms with van der Waals surface area (Å²) in [5.41, 5.74) is -0.00966. The Morgan fingerprint density at radius 1 is 1.30 bits per heavy atom. The summed E-state index contributed by atoms with van der Waals surface area (Å²) in [6.45, 7) is 4.17. The predicted molar refractivity (Wildman–Crippen MR) is 76.7 cm³/mol. The molecule has 2 rings (SSSR count). The molecule has 6 nitrogen and oxygen atoms in total. The number of nitrogens with zero attached hydrogens (tertiary/aromatic N) is 1. The Balaban J connectivity index is 2.30. The molecule has 1 aromatic heterocycles. The van der Waals surface area contributed by atoms with Gasteiger partial charge in [-0.25, -0.2) is 0 Å². The van der Waals surface area contributed by atoms with Gasteiger partial charge in [0.25, 0.3) is 0 Å². The van der Waals surface area contributed by atoms with E-state index in [2.05, 4.69) is 10.3 Å². The SMILES string of the molecule is CC(C)C(=O)NCCn1c(=O)c(=O)[nH]c2ccccc21. The Kier molecular flexibility index (Phi) is 4.02. The molecule has 0 saturated carbocycles. The van der Waals surface area contributed by atoms with Crippen LogP contribution in [0.1, 0.15) is 13.8 Å². The van der Waals surface area contributed by atoms with Crippen molar-refractivity contribution < 1.29 is 4.79 Å². The van der Waals surface area contributed by atoms with E-state index in [1.54, 1.807) is 38.1 Å². The quantitative estimate of drug-likeness (QED) is 0.795. The second kappa shape index (κ2) is 5.73. The number of hydrogen-bond donors (Lipinski definition) is 2. The largest absolute Gasteiger partial charge is 0.354 e. The van der Waals surface area contributed by atoms with Crippen molar-refractivity contribution in [3.63, 3.8) is 0 Å². The Morgan fingerprint density at radius 3 is 2.70 bits per heavy atom. The molecule has 0 radical (unpaired) electrons. The van der Waals surface area contributed by atoms with Gasteiger partial charge in [0.15, 0.2) is 0 Å². The maximum atomic E-state index is 11.9. The standard InChI is InChI=1S/C14H17N3O3/c1-9(2)12(18)15-7-8-17-11-6-4-3-5-10(11)16-13(19)14(17)20/h3-6,9H,7-8H2,1-2H3,(H,15,18)(H,16,19). The van der Waals surface area contributed by atoms with Crippen LogP contribution in [0.5, 0.6) is 0 Å². The van der Waals surface area contributed by atoms with E-state index in [0.717, 1.165) is 0 Å². The second-order valence-corrected chi connectivity index (χ2v) is 4.87. The van der Waals surface area contributed by atoms with Crippen LogP contribution in [-0.4, -0.2) is 22.0 Å². The first-order chi connectivity index (χ1) is 9.50. The van der Waals surface area contributed by atoms with Gasteiger partial charge >= 0.3 is 11.1 Å². The molecule has 20 heavy (non-hydrogen) atoms. The molecule has 0 fully saturated rings. The Hall–Kier alpha value is -2.37. The molecule has 0 aliphatic carbocycles. The summed E-state index contributed by atoms with van der Waals surface area (Å²) in [4.78, 5) is 37.5. The van der Waals surface area contributed by atoms with Crippen molar-refractivity contribution >= 4 is 16.9 Å². The van der Waals surface area contributed by atoms with Gasteiger partial charge in [0.2, 0.25) is 5.91 Å². The molecule has 0 bridgehead atoms. The molecule has 0 saturated heterocycles. The van der Waals surface area contributed by atoms with E-state index < -0.39 is 11.1 Å². The zero-order valence-corrected chi connectivity index (χ0v) is 11.5. The molecule has 0 atom stereocenters. The number of benzene rings is 1. The number of nitrogens with one attached hydrogen (secondary N) is 2. The van der Waals surface area contributed by atoms with Crippen molar-refractivity contribution in [3.05, 3.63) is 45.0 Å². The molecule has 2 N–H and O–H groups in total. The van der Waals surface area contributed by atoms with Gasteiger partial charge in [0.05, 0.1) is 11.0 Å². The van der Waals surface area contributed by atoms with Crippen LogP contribution in [0, 0.1) is 5.92 Å². The fourth-order valence-corrected chi connectivity index (χ4v) is 1.94. The van der Waals surface area contributed by atoms with Crippen molar-refractivity contribution in [2.75, 3.05) is 6.54 Å². The van der Waals surface area contributed by atoms with E-state index in [1.807, 2.05) is 0 Å². The summed E-state index contributed by atoms with van der Waals surface area (Å²) in [5.74, 6) is -0.185. The van der Waals surface area contributed by atoms with Crippen molar-refractivity contribution in [1.29, 1.82) is 0 Å². The van der Waals surface area contributed by atoms with Gasteiger partial charge in [-0.3, -0.25) is 14.4 Å². The van der Waals surface area contributed by atoms with Gasteiger partial charge in [-0.1, -0.05) is 26.0 Å². The molecule has 1 heterocycles. The number of rotatable bonds is 4. The number of para-hydroxylation sites is 2. The predicted octanol–water partition coefficient (Wildman–Crippen LogP) is 0.462. The van der Waals surface area contributed by atoms with Crippen molar-refractivity contribution in [2.45, 2.75) is 20.4 Å². The number of hydrogen-bond acceptors (Lipinski definition) is 3. The topological polar surface area (TPSA) is 84.0 Å². The van der Waals surface area contributed by atoms with Gasteiger partial charge in [0, 0.05) is 19.0 Å². The summed E-state index contributed by atoms with van der Waals surface area (Å²) in [6, 6.07) is 7.08. The van der Waals surface area contributed by atoms with E-state index in [9.17, 15) is 14.4 Å². The molecular formula is C14H17N3O3. The summed E-state index contributed by atoms with van der Waals surface area (Å²) < 4.78 is 1.38. The lowest BCUT2D eigenvalue weighted by atomic mass is 10.2. The number of aromatic amines is 1. The highest BCUT2D eigenvalue weighted by molar-refractivity contribution is 5.77. The van der Waals surface area contributed by atoms with Gasteiger partial charge in [-0.2, -0.15) is 0 Å². The molecule has 0 aliphatic rings. The number of aromatic nitrogens is 2. The number of H-pyrrole nitrogens is 1. The summed E-state index contributed by atoms with van der Waals surface area (Å²) >= 11 is 0. The number of carbonyl (C=O) groups excluding carboxylic acids is 1. The fourth-order valence-electron chi connectivity index (χ4n) is 1.94. The molecule has 0 spiro atoms. The van der Waals surface area contributed by atoms with E-state index in [0.29, 0.717) is 17.6 Å². The first kappa shape index (κ1) is 14.0. The van der Waals surface area contributed by atoms with E-state index >= 15 is 0 Å². The highest BCUT2D eigenvalue weighted by Gasteiger charge is 2.09. The molecule has 0 aliphatic heterocycles. The van der Waals surface area contributed by atoms with Crippen LogP contribution >= 0.6 is 0 Å². The average molecular weight is 275 g/mol. The van der Waals surface area contributed by atoms with E-state index in [-0.39, 0.29) is 18.4 Å². The van der Waals surface area contributed by atoms with Crippen LogP contribution < -0.4 is 16.4 Å². The van der Waals surface area contributed by atoms with Crippen LogP contribution in [-0.2, 0) is 11.3 Å². The fraction of sp³-hybridized carbons (Fsp3) is 0.357. The molecule has 1 amide bonds. The van der Waals surface area contributed by atoms with Crippen LogP contribution in [0.4, 0.5) is 0 Å². The van der Waals surface area contributed by atoms with E-state index in [1.165, 1.54) is 4.57 Å². The van der Waals surface area contributed by atoms with E-state index in [4.69, 9.17) is 0 Å². The summed E-state index contributed by atoms with van der Waals surface area (Å²) in [5, 5.41) is 2.73. The van der Waals surface area contributed by atoms with Crippen molar-refractivity contribution in [2.24, 2.45) is 5.92 Å². The van der Waals surface area contributed by atoms with Crippen LogP contribution in [0.25, 0.3) is 11.0 Å². The minimum atomic E-state index is -0.654. The minimum absolute atomic E-state index is 0.0767. The van der Waals surface area contributed by atoms with Crippen molar-refractivity contribution in [3.8, 4) is 0 Å². The summed E-state index contributed by atoms with van der Waals surface area (Å²) in [6.07, 6.45) is 0. The third kappa shape index (κ3) is 2.79. The first-order valence-electron chi connectivity index (χ1n) is 6.50. The average Bonchev–Trinajstić information content (AvgIpc) is 2.42. The smallest absolute Gasteiger partial charge is 0.316 e. The highest BCUT2D eigenvalue weighted by atomic mass is 16.2. The van der Waals surface area contributed by atoms with Crippen LogP contribution in [0.3, 0.4) is 0 Å². The maximum Gasteiger partial charge on any atom is 0.316 e. The monoisotopic (exact) mass is 275 g/mol. The molecule has 106 valence electrons. The Bertz CT molecular complexity index is 743. The first-order valence-corrected chi connectivity index (χ1v) is 6.50. The Labute approximate surface area is 115 Å². The third-order valence-electron chi connectivity index (χ3n) is 3.04. The normalized spacial score (nSPS) is 10.9. The van der Waals surface area contributed by atoms with Crippen LogP contribution in [0.2, 0.25) is 0 Å². The zero-order chi connectivity index (χ0) is 14.7. The van der Waals surface area contributed by atoms with Crippen LogP contribution in [0.15, 0.2) is 33.9 Å².